The second kappa shape index (κ2) is 8.13. The summed E-state index contributed by atoms with van der Waals surface area (Å²) in [7, 11) is 0. The van der Waals surface area contributed by atoms with Gasteiger partial charge in [0, 0.05) is 16.6 Å². The zero-order valence-electron chi connectivity index (χ0n) is 12.8. The summed E-state index contributed by atoms with van der Waals surface area (Å²) in [6, 6.07) is 10.7. The standard InChI is InChI=1S/C16H13BrN4O3S/c17-10-3-5-11(6-4-10)19-14(22)8-13-15(23)20-16(25-13)21-18-9-12-2-1-7-24-12/h1-7,9,13H,8H2,(H,19,22)(H,20,21,23)/b18-9-/t13-/m1/s1. The quantitative estimate of drug-likeness (QED) is 0.573. The van der Waals surface area contributed by atoms with E-state index in [4.69, 9.17) is 4.42 Å². The lowest BCUT2D eigenvalue weighted by atomic mass is 10.2. The van der Waals surface area contributed by atoms with Gasteiger partial charge in [-0.2, -0.15) is 5.10 Å². The average molecular weight is 421 g/mol. The van der Waals surface area contributed by atoms with Crippen LogP contribution in [0, 0.1) is 0 Å². The summed E-state index contributed by atoms with van der Waals surface area (Å²) in [6.45, 7) is 0. The van der Waals surface area contributed by atoms with Crippen LogP contribution < -0.4 is 10.6 Å². The van der Waals surface area contributed by atoms with Gasteiger partial charge in [-0.1, -0.05) is 27.7 Å². The monoisotopic (exact) mass is 420 g/mol. The molecule has 0 aliphatic carbocycles. The summed E-state index contributed by atoms with van der Waals surface area (Å²) in [5.41, 5.74) is 0.675. The summed E-state index contributed by atoms with van der Waals surface area (Å²) in [6.07, 6.45) is 3.02. The highest BCUT2D eigenvalue weighted by molar-refractivity contribution is 9.10. The maximum absolute atomic E-state index is 12.1. The van der Waals surface area contributed by atoms with Crippen molar-refractivity contribution in [2.45, 2.75) is 11.7 Å². The number of hydrogen-bond acceptors (Lipinski definition) is 6. The molecule has 0 radical (unpaired) electrons. The van der Waals surface area contributed by atoms with Crippen molar-refractivity contribution in [1.29, 1.82) is 0 Å². The van der Waals surface area contributed by atoms with Crippen molar-refractivity contribution in [3.8, 4) is 0 Å². The topological polar surface area (TPSA) is 96.1 Å². The van der Waals surface area contributed by atoms with Crippen LogP contribution in [0.4, 0.5) is 5.69 Å². The largest absolute Gasteiger partial charge is 0.463 e. The Hall–Kier alpha value is -2.39. The van der Waals surface area contributed by atoms with Gasteiger partial charge in [-0.3, -0.25) is 9.59 Å². The van der Waals surface area contributed by atoms with Crippen LogP contribution in [0.5, 0.6) is 0 Å². The van der Waals surface area contributed by atoms with Crippen molar-refractivity contribution in [3.63, 3.8) is 0 Å². The number of amides is 2. The van der Waals surface area contributed by atoms with Crippen LogP contribution in [0.2, 0.25) is 0 Å². The Morgan fingerprint density at radius 2 is 2.16 bits per heavy atom. The third-order valence-corrected chi connectivity index (χ3v) is 4.75. The molecule has 2 aromatic rings. The molecule has 2 amide bonds. The number of rotatable bonds is 5. The fourth-order valence-corrected chi connectivity index (χ4v) is 3.19. The third kappa shape index (κ3) is 5.04. The van der Waals surface area contributed by atoms with E-state index >= 15 is 0 Å². The van der Waals surface area contributed by atoms with Crippen molar-refractivity contribution in [2.24, 2.45) is 10.2 Å². The maximum Gasteiger partial charge on any atom is 0.240 e. The lowest BCUT2D eigenvalue weighted by Gasteiger charge is -2.07. The van der Waals surface area contributed by atoms with Crippen molar-refractivity contribution >= 4 is 56.6 Å². The van der Waals surface area contributed by atoms with Crippen molar-refractivity contribution in [3.05, 3.63) is 52.9 Å². The van der Waals surface area contributed by atoms with E-state index in [0.717, 1.165) is 4.47 Å². The van der Waals surface area contributed by atoms with Gasteiger partial charge in [0.25, 0.3) is 0 Å². The molecule has 1 atom stereocenters. The number of amidine groups is 1. The minimum absolute atomic E-state index is 0.0491. The Bertz CT molecular complexity index is 818. The number of carbonyl (C=O) groups excluding carboxylic acids is 2. The summed E-state index contributed by atoms with van der Waals surface area (Å²) in [4.78, 5) is 24.0. The van der Waals surface area contributed by atoms with E-state index in [1.807, 2.05) is 12.1 Å². The fraction of sp³-hybridized carbons (Fsp3) is 0.125. The molecule has 128 valence electrons. The molecular weight excluding hydrogens is 408 g/mol. The van der Waals surface area contributed by atoms with Crippen molar-refractivity contribution in [1.82, 2.24) is 5.32 Å². The Balaban J connectivity index is 1.53. The molecule has 3 rings (SSSR count). The molecule has 1 fully saturated rings. The molecule has 1 aromatic carbocycles. The maximum atomic E-state index is 12.1. The highest BCUT2D eigenvalue weighted by atomic mass is 79.9. The number of benzene rings is 1. The van der Waals surface area contributed by atoms with E-state index in [1.54, 1.807) is 24.3 Å². The lowest BCUT2D eigenvalue weighted by Crippen LogP contribution is -2.28. The first kappa shape index (κ1) is 17.4. The molecule has 1 aliphatic rings. The first-order chi connectivity index (χ1) is 12.1. The summed E-state index contributed by atoms with van der Waals surface area (Å²) in [5.74, 6) is 0.0577. The number of nitrogens with zero attached hydrogens (tertiary/aromatic N) is 2. The number of halogens is 1. The third-order valence-electron chi connectivity index (χ3n) is 3.15. The van der Waals surface area contributed by atoms with E-state index in [2.05, 4.69) is 36.8 Å². The van der Waals surface area contributed by atoms with Crippen LogP contribution in [-0.2, 0) is 9.59 Å². The van der Waals surface area contributed by atoms with Crippen molar-refractivity contribution in [2.75, 3.05) is 5.32 Å². The van der Waals surface area contributed by atoms with Crippen LogP contribution in [0.15, 0.2) is 61.8 Å². The number of nitrogens with one attached hydrogen (secondary N) is 2. The molecule has 7 nitrogen and oxygen atoms in total. The second-order valence-corrected chi connectivity index (χ2v) is 7.13. The number of furan rings is 1. The predicted molar refractivity (Wildman–Crippen MR) is 101 cm³/mol. The van der Waals surface area contributed by atoms with Gasteiger partial charge < -0.3 is 15.1 Å². The molecule has 0 saturated carbocycles. The molecule has 0 spiro atoms. The predicted octanol–water partition coefficient (Wildman–Crippen LogP) is 2.99. The Morgan fingerprint density at radius 1 is 1.36 bits per heavy atom. The molecular formula is C16H13BrN4O3S. The first-order valence-corrected chi connectivity index (χ1v) is 8.95. The zero-order valence-corrected chi connectivity index (χ0v) is 15.2. The average Bonchev–Trinajstić information content (AvgIpc) is 3.20. The van der Waals surface area contributed by atoms with Gasteiger partial charge in [0.15, 0.2) is 5.17 Å². The zero-order chi connectivity index (χ0) is 17.6. The van der Waals surface area contributed by atoms with E-state index in [1.165, 1.54) is 24.2 Å². The molecule has 0 unspecified atom stereocenters. The Morgan fingerprint density at radius 3 is 2.88 bits per heavy atom. The minimum Gasteiger partial charge on any atom is -0.463 e. The molecule has 1 aromatic heterocycles. The van der Waals surface area contributed by atoms with Crippen LogP contribution in [-0.4, -0.2) is 28.4 Å². The number of anilines is 1. The summed E-state index contributed by atoms with van der Waals surface area (Å²) < 4.78 is 6.01. The van der Waals surface area contributed by atoms with Gasteiger partial charge >= 0.3 is 0 Å². The van der Waals surface area contributed by atoms with Gasteiger partial charge in [-0.25, -0.2) is 0 Å². The number of thioether (sulfide) groups is 1. The fourth-order valence-electron chi connectivity index (χ4n) is 2.00. The molecule has 1 saturated heterocycles. The van der Waals surface area contributed by atoms with E-state index < -0.39 is 5.25 Å². The highest BCUT2D eigenvalue weighted by Gasteiger charge is 2.32. The molecule has 1 aliphatic heterocycles. The van der Waals surface area contributed by atoms with Gasteiger partial charge in [0.1, 0.15) is 11.0 Å². The second-order valence-electron chi connectivity index (χ2n) is 5.02. The first-order valence-electron chi connectivity index (χ1n) is 7.27. The van der Waals surface area contributed by atoms with E-state index in [-0.39, 0.29) is 18.2 Å². The smallest absolute Gasteiger partial charge is 0.240 e. The number of carbonyl (C=O) groups is 2. The van der Waals surface area contributed by atoms with Gasteiger partial charge in [-0.05, 0) is 36.4 Å². The molecule has 0 bridgehead atoms. The van der Waals surface area contributed by atoms with Gasteiger partial charge in [0.05, 0.1) is 12.5 Å². The van der Waals surface area contributed by atoms with E-state index in [9.17, 15) is 9.59 Å². The molecule has 2 N–H and O–H groups in total. The Labute approximate surface area is 156 Å². The lowest BCUT2D eigenvalue weighted by molar-refractivity contribution is -0.122. The highest BCUT2D eigenvalue weighted by Crippen LogP contribution is 2.23. The normalized spacial score (nSPS) is 18.7. The van der Waals surface area contributed by atoms with Crippen molar-refractivity contribution < 1.29 is 14.0 Å². The van der Waals surface area contributed by atoms with Crippen LogP contribution >= 0.6 is 27.7 Å². The summed E-state index contributed by atoms with van der Waals surface area (Å²) >= 11 is 4.50. The molecule has 2 heterocycles. The van der Waals surface area contributed by atoms with Crippen LogP contribution in [0.25, 0.3) is 0 Å². The Kier molecular flexibility index (Phi) is 5.67. The van der Waals surface area contributed by atoms with Gasteiger partial charge in [-0.15, -0.1) is 5.10 Å². The SMILES string of the molecule is O=C(C[C@H]1S/C(=N/N=C\c2ccco2)NC1=O)Nc1ccc(Br)cc1. The summed E-state index contributed by atoms with van der Waals surface area (Å²) in [5, 5.41) is 13.0. The minimum atomic E-state index is -0.534. The number of hydrogen-bond donors (Lipinski definition) is 2. The van der Waals surface area contributed by atoms with Crippen LogP contribution in [0.3, 0.4) is 0 Å². The molecule has 9 heteroatoms. The molecule has 25 heavy (non-hydrogen) atoms. The van der Waals surface area contributed by atoms with E-state index in [0.29, 0.717) is 16.6 Å². The van der Waals surface area contributed by atoms with Crippen LogP contribution in [0.1, 0.15) is 12.2 Å². The van der Waals surface area contributed by atoms with Gasteiger partial charge in [0.2, 0.25) is 11.8 Å².